The van der Waals surface area contributed by atoms with Crippen LogP contribution in [0, 0.1) is 6.92 Å². The van der Waals surface area contributed by atoms with Gasteiger partial charge in [-0.2, -0.15) is 0 Å². The summed E-state index contributed by atoms with van der Waals surface area (Å²) in [7, 11) is 0. The van der Waals surface area contributed by atoms with E-state index in [2.05, 4.69) is 19.2 Å². The molecule has 0 atom stereocenters. The molecule has 0 saturated heterocycles. The molecule has 1 amide bonds. The van der Waals surface area contributed by atoms with E-state index in [0.717, 1.165) is 22.4 Å². The number of carbonyl (C=O) groups is 2. The number of esters is 1. The van der Waals surface area contributed by atoms with E-state index < -0.39 is 5.97 Å². The van der Waals surface area contributed by atoms with Crippen LogP contribution in [0.2, 0.25) is 0 Å². The molecule has 0 aliphatic carbocycles. The number of aryl methyl sites for hydroxylation is 1. The molecule has 0 spiro atoms. The second-order valence-electron chi connectivity index (χ2n) is 7.06. The third-order valence-electron chi connectivity index (χ3n) is 4.51. The first-order valence-electron chi connectivity index (χ1n) is 9.37. The molecule has 1 aliphatic rings. The van der Waals surface area contributed by atoms with E-state index in [1.807, 2.05) is 25.1 Å². The second-order valence-corrected chi connectivity index (χ2v) is 7.06. The Morgan fingerprint density at radius 2 is 1.86 bits per heavy atom. The Bertz CT molecular complexity index is 875. The van der Waals surface area contributed by atoms with Crippen LogP contribution in [-0.4, -0.2) is 31.7 Å². The van der Waals surface area contributed by atoms with Crippen molar-refractivity contribution in [1.82, 2.24) is 0 Å². The zero-order chi connectivity index (χ0) is 20.1. The van der Waals surface area contributed by atoms with Crippen molar-refractivity contribution in [1.29, 1.82) is 0 Å². The van der Waals surface area contributed by atoms with Gasteiger partial charge < -0.3 is 19.5 Å². The number of hydrogen-bond acceptors (Lipinski definition) is 5. The summed E-state index contributed by atoms with van der Waals surface area (Å²) >= 11 is 0. The van der Waals surface area contributed by atoms with Crippen molar-refractivity contribution in [2.24, 2.45) is 0 Å². The van der Waals surface area contributed by atoms with Crippen molar-refractivity contribution in [2.75, 3.05) is 25.1 Å². The maximum absolute atomic E-state index is 12.3. The molecule has 2 aromatic rings. The summed E-state index contributed by atoms with van der Waals surface area (Å²) < 4.78 is 16.1. The zero-order valence-electron chi connectivity index (χ0n) is 16.4. The van der Waals surface area contributed by atoms with Gasteiger partial charge in [-0.15, -0.1) is 0 Å². The fourth-order valence-corrected chi connectivity index (χ4v) is 3.08. The second kappa shape index (κ2) is 8.78. The van der Waals surface area contributed by atoms with Crippen molar-refractivity contribution >= 4 is 17.6 Å². The Kier molecular flexibility index (Phi) is 6.19. The van der Waals surface area contributed by atoms with Crippen molar-refractivity contribution in [3.05, 3.63) is 53.1 Å². The van der Waals surface area contributed by atoms with Gasteiger partial charge in [-0.1, -0.05) is 38.1 Å². The Hall–Kier alpha value is -3.02. The minimum Gasteiger partial charge on any atom is -0.486 e. The third kappa shape index (κ3) is 4.82. The van der Waals surface area contributed by atoms with Gasteiger partial charge in [-0.25, -0.2) is 0 Å². The van der Waals surface area contributed by atoms with Gasteiger partial charge in [0.05, 0.1) is 6.42 Å². The number of anilines is 1. The van der Waals surface area contributed by atoms with Crippen molar-refractivity contribution in [3.63, 3.8) is 0 Å². The first-order valence-corrected chi connectivity index (χ1v) is 9.37. The molecule has 3 rings (SSSR count). The maximum atomic E-state index is 12.3. The first kappa shape index (κ1) is 19.7. The van der Waals surface area contributed by atoms with E-state index in [4.69, 9.17) is 14.2 Å². The van der Waals surface area contributed by atoms with Gasteiger partial charge in [0.15, 0.2) is 18.1 Å². The van der Waals surface area contributed by atoms with Gasteiger partial charge >= 0.3 is 5.97 Å². The quantitative estimate of drug-likeness (QED) is 0.772. The fourth-order valence-electron chi connectivity index (χ4n) is 3.08. The third-order valence-corrected chi connectivity index (χ3v) is 4.51. The lowest BCUT2D eigenvalue weighted by Crippen LogP contribution is -2.23. The summed E-state index contributed by atoms with van der Waals surface area (Å²) in [5, 5.41) is 2.87. The van der Waals surface area contributed by atoms with Crippen LogP contribution in [0.5, 0.6) is 11.5 Å². The van der Waals surface area contributed by atoms with Crippen molar-refractivity contribution in [2.45, 2.75) is 33.1 Å². The number of rotatable bonds is 6. The van der Waals surface area contributed by atoms with E-state index in [9.17, 15) is 9.59 Å². The highest BCUT2D eigenvalue weighted by atomic mass is 16.6. The number of amides is 1. The van der Waals surface area contributed by atoms with Crippen LogP contribution in [0.4, 0.5) is 5.69 Å². The molecule has 6 heteroatoms. The number of ether oxygens (including phenoxy) is 3. The molecule has 28 heavy (non-hydrogen) atoms. The van der Waals surface area contributed by atoms with Crippen molar-refractivity contribution < 1.29 is 23.8 Å². The molecular weight excluding hydrogens is 358 g/mol. The monoisotopic (exact) mass is 383 g/mol. The van der Waals surface area contributed by atoms with Gasteiger partial charge in [0.2, 0.25) is 0 Å². The molecule has 0 unspecified atom stereocenters. The molecule has 6 nitrogen and oxygen atoms in total. The van der Waals surface area contributed by atoms with Crippen LogP contribution in [0.15, 0.2) is 36.4 Å². The fraction of sp³-hybridized carbons (Fsp3) is 0.364. The largest absolute Gasteiger partial charge is 0.486 e. The minimum atomic E-state index is -0.472. The number of nitrogens with one attached hydrogen (secondary N) is 1. The average Bonchev–Trinajstić information content (AvgIpc) is 2.67. The molecule has 0 radical (unpaired) electrons. The highest BCUT2D eigenvalue weighted by Gasteiger charge is 2.16. The molecule has 148 valence electrons. The van der Waals surface area contributed by atoms with E-state index in [1.54, 1.807) is 18.2 Å². The normalized spacial score (nSPS) is 12.6. The lowest BCUT2D eigenvalue weighted by atomic mass is 9.98. The topological polar surface area (TPSA) is 73.9 Å². The lowest BCUT2D eigenvalue weighted by Gasteiger charge is -2.18. The lowest BCUT2D eigenvalue weighted by molar-refractivity contribution is -0.146. The molecule has 1 aliphatic heterocycles. The van der Waals surface area contributed by atoms with Crippen LogP contribution < -0.4 is 14.8 Å². The smallest absolute Gasteiger partial charge is 0.310 e. The van der Waals surface area contributed by atoms with E-state index in [1.165, 1.54) is 0 Å². The summed E-state index contributed by atoms with van der Waals surface area (Å²) in [6.07, 6.45) is 0.0610. The summed E-state index contributed by atoms with van der Waals surface area (Å²) in [5.41, 5.74) is 3.55. The molecule has 0 fully saturated rings. The average molecular weight is 383 g/mol. The molecule has 0 saturated carbocycles. The summed E-state index contributed by atoms with van der Waals surface area (Å²) in [6.45, 7) is 6.75. The molecule has 1 heterocycles. The van der Waals surface area contributed by atoms with Gasteiger partial charge in [0.1, 0.15) is 13.2 Å². The van der Waals surface area contributed by atoms with Crippen LogP contribution >= 0.6 is 0 Å². The highest BCUT2D eigenvalue weighted by Crippen LogP contribution is 2.31. The van der Waals surface area contributed by atoms with E-state index in [0.29, 0.717) is 24.7 Å². The Morgan fingerprint density at radius 3 is 2.61 bits per heavy atom. The summed E-state index contributed by atoms with van der Waals surface area (Å²) in [6, 6.07) is 11.2. The van der Waals surface area contributed by atoms with Crippen LogP contribution in [0.1, 0.15) is 36.5 Å². The predicted molar refractivity (Wildman–Crippen MR) is 106 cm³/mol. The molecule has 2 aromatic carbocycles. The number of para-hydroxylation sites is 1. The minimum absolute atomic E-state index is 0.0610. The SMILES string of the molecule is Cc1cccc(C(C)C)c1NC(=O)COC(=O)Cc1ccc2c(c1)OCCO2. The number of fused-ring (bicyclic) bond motifs is 1. The number of carbonyl (C=O) groups excluding carboxylic acids is 2. The van der Waals surface area contributed by atoms with E-state index in [-0.39, 0.29) is 24.9 Å². The maximum Gasteiger partial charge on any atom is 0.310 e. The molecule has 0 aromatic heterocycles. The van der Waals surface area contributed by atoms with E-state index >= 15 is 0 Å². The first-order chi connectivity index (χ1) is 13.4. The molecule has 0 bridgehead atoms. The summed E-state index contributed by atoms with van der Waals surface area (Å²) in [5.74, 6) is 0.734. The molecule has 1 N–H and O–H groups in total. The number of hydrogen-bond donors (Lipinski definition) is 1. The zero-order valence-corrected chi connectivity index (χ0v) is 16.4. The highest BCUT2D eigenvalue weighted by molar-refractivity contribution is 5.94. The van der Waals surface area contributed by atoms with Crippen LogP contribution in [0.25, 0.3) is 0 Å². The Morgan fingerprint density at radius 1 is 1.11 bits per heavy atom. The Balaban J connectivity index is 1.54. The molecular formula is C22H25NO5. The summed E-state index contributed by atoms with van der Waals surface area (Å²) in [4.78, 5) is 24.4. The van der Waals surface area contributed by atoms with Crippen LogP contribution in [0.3, 0.4) is 0 Å². The standard InChI is InChI=1S/C22H25NO5/c1-14(2)17-6-4-5-15(3)22(17)23-20(24)13-28-21(25)12-16-7-8-18-19(11-16)27-10-9-26-18/h4-8,11,14H,9-10,12-13H2,1-3H3,(H,23,24). The van der Waals surface area contributed by atoms with Crippen molar-refractivity contribution in [3.8, 4) is 11.5 Å². The van der Waals surface area contributed by atoms with Gasteiger partial charge in [-0.05, 0) is 41.7 Å². The number of benzene rings is 2. The van der Waals surface area contributed by atoms with Gasteiger partial charge in [-0.3, -0.25) is 9.59 Å². The Labute approximate surface area is 164 Å². The van der Waals surface area contributed by atoms with Gasteiger partial charge in [0, 0.05) is 5.69 Å². The van der Waals surface area contributed by atoms with Gasteiger partial charge in [0.25, 0.3) is 5.91 Å². The predicted octanol–water partition coefficient (Wildman–Crippen LogP) is 3.61. The van der Waals surface area contributed by atoms with Crippen LogP contribution in [-0.2, 0) is 20.7 Å².